The Labute approximate surface area is 182 Å². The van der Waals surface area contributed by atoms with E-state index in [2.05, 4.69) is 22.0 Å². The lowest BCUT2D eigenvalue weighted by Crippen LogP contribution is -2.39. The number of benzene rings is 1. The number of carbonyl (C=O) groups is 1. The van der Waals surface area contributed by atoms with E-state index in [0.29, 0.717) is 12.2 Å². The molecule has 10 heteroatoms. The van der Waals surface area contributed by atoms with Gasteiger partial charge in [-0.15, -0.1) is 0 Å². The second-order valence-electron chi connectivity index (χ2n) is 8.47. The van der Waals surface area contributed by atoms with Crippen molar-refractivity contribution in [3.63, 3.8) is 0 Å². The van der Waals surface area contributed by atoms with E-state index in [1.54, 1.807) is 4.90 Å². The molecule has 3 heterocycles. The molecule has 5 nitrogen and oxygen atoms in total. The normalized spacial score (nSPS) is 18.1. The fraction of sp³-hybridized carbons (Fsp3) is 0.545. The molecule has 2 aromatic rings. The Morgan fingerprint density at radius 3 is 2.56 bits per heavy atom. The molecule has 2 aliphatic rings. The van der Waals surface area contributed by atoms with Crippen molar-refractivity contribution in [2.24, 2.45) is 0 Å². The van der Waals surface area contributed by atoms with Crippen LogP contribution in [0.4, 0.5) is 22.0 Å². The van der Waals surface area contributed by atoms with Gasteiger partial charge in [0.2, 0.25) is 0 Å². The summed E-state index contributed by atoms with van der Waals surface area (Å²) < 4.78 is 67.8. The van der Waals surface area contributed by atoms with Gasteiger partial charge in [0.05, 0.1) is 5.56 Å². The number of fused-ring (bicyclic) bond motifs is 1. The Morgan fingerprint density at radius 2 is 1.91 bits per heavy atom. The average Bonchev–Trinajstić information content (AvgIpc) is 3.15. The van der Waals surface area contributed by atoms with Crippen LogP contribution in [0, 0.1) is 11.6 Å². The van der Waals surface area contributed by atoms with Crippen LogP contribution >= 0.6 is 0 Å². The molecule has 1 fully saturated rings. The molecule has 0 atom stereocenters. The number of piperidine rings is 1. The topological polar surface area (TPSA) is 52.2 Å². The van der Waals surface area contributed by atoms with Gasteiger partial charge >= 0.3 is 6.18 Å². The maximum absolute atomic E-state index is 14.0. The maximum atomic E-state index is 14.0. The quantitative estimate of drug-likeness (QED) is 0.690. The van der Waals surface area contributed by atoms with Gasteiger partial charge in [-0.2, -0.15) is 18.3 Å². The number of aromatic amines is 1. The second kappa shape index (κ2) is 8.80. The number of alkyl halides is 3. The van der Waals surface area contributed by atoms with E-state index in [0.717, 1.165) is 43.3 Å². The van der Waals surface area contributed by atoms with Crippen LogP contribution in [-0.4, -0.2) is 52.1 Å². The molecule has 0 radical (unpaired) electrons. The van der Waals surface area contributed by atoms with Crippen molar-refractivity contribution in [2.45, 2.75) is 51.2 Å². The molecular formula is C22H25F5N4O. The van der Waals surface area contributed by atoms with Crippen molar-refractivity contribution in [2.75, 3.05) is 26.2 Å². The van der Waals surface area contributed by atoms with Gasteiger partial charge in [0, 0.05) is 49.9 Å². The lowest BCUT2D eigenvalue weighted by molar-refractivity contribution is -0.141. The number of H-pyrrole nitrogens is 1. The van der Waals surface area contributed by atoms with Crippen molar-refractivity contribution in [1.82, 2.24) is 20.0 Å². The first kappa shape index (κ1) is 22.7. The maximum Gasteiger partial charge on any atom is 0.419 e. The number of aromatic nitrogens is 2. The average molecular weight is 456 g/mol. The van der Waals surface area contributed by atoms with Gasteiger partial charge in [-0.3, -0.25) is 14.8 Å². The molecular weight excluding hydrogens is 431 g/mol. The summed E-state index contributed by atoms with van der Waals surface area (Å²) in [5.74, 6) is -3.59. The summed E-state index contributed by atoms with van der Waals surface area (Å²) in [7, 11) is 0. The lowest BCUT2D eigenvalue weighted by Gasteiger charge is -2.33. The third-order valence-electron chi connectivity index (χ3n) is 6.35. The first-order valence-electron chi connectivity index (χ1n) is 10.8. The second-order valence-corrected chi connectivity index (χ2v) is 8.47. The highest BCUT2D eigenvalue weighted by Crippen LogP contribution is 2.41. The Morgan fingerprint density at radius 1 is 1.19 bits per heavy atom. The zero-order valence-corrected chi connectivity index (χ0v) is 17.7. The highest BCUT2D eigenvalue weighted by molar-refractivity contribution is 5.94. The van der Waals surface area contributed by atoms with Crippen LogP contribution < -0.4 is 0 Å². The predicted molar refractivity (Wildman–Crippen MR) is 107 cm³/mol. The third-order valence-corrected chi connectivity index (χ3v) is 6.35. The number of halogens is 5. The van der Waals surface area contributed by atoms with Crippen LogP contribution in [0.3, 0.4) is 0 Å². The van der Waals surface area contributed by atoms with Crippen molar-refractivity contribution in [1.29, 1.82) is 0 Å². The van der Waals surface area contributed by atoms with E-state index in [-0.39, 0.29) is 43.5 Å². The molecule has 0 spiro atoms. The summed E-state index contributed by atoms with van der Waals surface area (Å²) in [5.41, 5.74) is 0.381. The minimum Gasteiger partial charge on any atom is -0.337 e. The van der Waals surface area contributed by atoms with E-state index in [1.165, 1.54) is 0 Å². The molecule has 2 aliphatic heterocycles. The zero-order valence-electron chi connectivity index (χ0n) is 17.7. The largest absolute Gasteiger partial charge is 0.419 e. The molecule has 0 aliphatic carbocycles. The first-order valence-corrected chi connectivity index (χ1v) is 10.8. The SMILES string of the molecule is CCCN1CCc2[nH]nc(C(=O)N3CCC(c4cc(F)cc(F)c4C(F)(F)F)CC3)c2C1. The van der Waals surface area contributed by atoms with Gasteiger partial charge in [-0.25, -0.2) is 8.78 Å². The molecule has 1 saturated heterocycles. The van der Waals surface area contributed by atoms with Gasteiger partial charge in [0.1, 0.15) is 11.6 Å². The number of likely N-dealkylation sites (tertiary alicyclic amines) is 1. The first-order chi connectivity index (χ1) is 15.2. The van der Waals surface area contributed by atoms with Crippen molar-refractivity contribution in [3.05, 3.63) is 51.8 Å². The lowest BCUT2D eigenvalue weighted by atomic mass is 9.85. The summed E-state index contributed by atoms with van der Waals surface area (Å²) >= 11 is 0. The molecule has 1 N–H and O–H groups in total. The minimum absolute atomic E-state index is 0.187. The van der Waals surface area contributed by atoms with Crippen LogP contribution in [0.5, 0.6) is 0 Å². The summed E-state index contributed by atoms with van der Waals surface area (Å²) in [5, 5.41) is 7.17. The minimum atomic E-state index is -4.92. The van der Waals surface area contributed by atoms with Gasteiger partial charge in [-0.1, -0.05) is 6.92 Å². The van der Waals surface area contributed by atoms with Crippen LogP contribution in [0.25, 0.3) is 0 Å². The molecule has 32 heavy (non-hydrogen) atoms. The van der Waals surface area contributed by atoms with Crippen LogP contribution in [0.1, 0.15) is 65.0 Å². The highest BCUT2D eigenvalue weighted by atomic mass is 19.4. The number of nitrogens with one attached hydrogen (secondary N) is 1. The Hall–Kier alpha value is -2.49. The summed E-state index contributed by atoms with van der Waals surface area (Å²) in [6, 6.07) is 1.02. The number of amides is 1. The van der Waals surface area contributed by atoms with E-state index in [9.17, 15) is 26.7 Å². The van der Waals surface area contributed by atoms with Crippen LogP contribution in [0.15, 0.2) is 12.1 Å². The summed E-state index contributed by atoms with van der Waals surface area (Å²) in [6.45, 7) is 4.94. The van der Waals surface area contributed by atoms with E-state index in [4.69, 9.17) is 0 Å². The van der Waals surface area contributed by atoms with Crippen LogP contribution in [-0.2, 0) is 19.1 Å². The number of nitrogens with zero attached hydrogens (tertiary/aromatic N) is 3. The molecule has 4 rings (SSSR count). The summed E-state index contributed by atoms with van der Waals surface area (Å²) in [6.07, 6.45) is -2.76. The molecule has 0 bridgehead atoms. The fourth-order valence-electron chi connectivity index (χ4n) is 4.79. The van der Waals surface area contributed by atoms with Crippen molar-refractivity contribution >= 4 is 5.91 Å². The van der Waals surface area contributed by atoms with Gasteiger partial charge in [0.15, 0.2) is 5.69 Å². The Bertz CT molecular complexity index is 995. The number of hydrogen-bond donors (Lipinski definition) is 1. The van der Waals surface area contributed by atoms with Crippen LogP contribution in [0.2, 0.25) is 0 Å². The molecule has 1 aromatic carbocycles. The van der Waals surface area contributed by atoms with Gasteiger partial charge < -0.3 is 4.90 Å². The van der Waals surface area contributed by atoms with Crippen molar-refractivity contribution < 1.29 is 26.7 Å². The smallest absolute Gasteiger partial charge is 0.337 e. The van der Waals surface area contributed by atoms with Gasteiger partial charge in [0.25, 0.3) is 5.91 Å². The number of hydrogen-bond acceptors (Lipinski definition) is 3. The fourth-order valence-corrected chi connectivity index (χ4v) is 4.79. The Balaban J connectivity index is 1.49. The van der Waals surface area contributed by atoms with E-state index < -0.39 is 29.3 Å². The molecule has 0 unspecified atom stereocenters. The standard InChI is InChI=1S/C22H25F5N4O/c1-2-6-30-7-5-18-16(12-30)20(29-28-18)21(32)31-8-3-13(4-9-31)15-10-14(23)11-17(24)19(15)22(25,26)27/h10-11,13H,2-9,12H2,1H3,(H,28,29). The predicted octanol–water partition coefficient (Wildman–Crippen LogP) is 4.49. The molecule has 0 saturated carbocycles. The summed E-state index contributed by atoms with van der Waals surface area (Å²) in [4.78, 5) is 16.9. The Kier molecular flexibility index (Phi) is 6.24. The number of carbonyl (C=O) groups excluding carboxylic acids is 1. The number of rotatable bonds is 4. The third kappa shape index (κ3) is 4.37. The highest BCUT2D eigenvalue weighted by Gasteiger charge is 2.40. The van der Waals surface area contributed by atoms with Gasteiger partial charge in [-0.05, 0) is 43.4 Å². The zero-order chi connectivity index (χ0) is 23.0. The monoisotopic (exact) mass is 456 g/mol. The van der Waals surface area contributed by atoms with Crippen molar-refractivity contribution in [3.8, 4) is 0 Å². The molecule has 174 valence electrons. The molecule has 1 aromatic heterocycles. The molecule has 1 amide bonds. The van der Waals surface area contributed by atoms with E-state index >= 15 is 0 Å². The van der Waals surface area contributed by atoms with E-state index in [1.807, 2.05) is 0 Å².